The first-order chi connectivity index (χ1) is 2.77. The Morgan fingerprint density at radius 2 is 2.17 bits per heavy atom. The molecular weight excluding hydrogens is 110 g/mol. The van der Waals surface area contributed by atoms with Crippen molar-refractivity contribution < 1.29 is 0 Å². The fourth-order valence-electron chi connectivity index (χ4n) is 0.149. The second kappa shape index (κ2) is 3.76. The van der Waals surface area contributed by atoms with Crippen molar-refractivity contribution in [2.75, 3.05) is 12.5 Å². The van der Waals surface area contributed by atoms with Gasteiger partial charge >= 0.3 is 43.1 Å². The molecule has 0 spiro atoms. The first-order valence-electron chi connectivity index (χ1n) is 1.63. The van der Waals surface area contributed by atoms with E-state index in [1.54, 1.807) is 0 Å². The van der Waals surface area contributed by atoms with E-state index in [9.17, 15) is 0 Å². The van der Waals surface area contributed by atoms with E-state index in [0.717, 1.165) is 8.08 Å². The van der Waals surface area contributed by atoms with Crippen molar-refractivity contribution in [1.29, 1.82) is 0 Å². The van der Waals surface area contributed by atoms with Gasteiger partial charge in [-0.15, -0.1) is 0 Å². The molecule has 0 rings (SSSR count). The van der Waals surface area contributed by atoms with Crippen molar-refractivity contribution >= 4 is 30.6 Å². The van der Waals surface area contributed by atoms with Gasteiger partial charge in [0, 0.05) is 0 Å². The van der Waals surface area contributed by atoms with Crippen molar-refractivity contribution in [2.45, 2.75) is 0 Å². The zero-order chi connectivity index (χ0) is 4.99. The molecule has 0 fully saturated rings. The van der Waals surface area contributed by atoms with Crippen LogP contribution in [-0.2, 0) is 0 Å². The van der Waals surface area contributed by atoms with Crippen LogP contribution in [0.3, 0.4) is 0 Å². The van der Waals surface area contributed by atoms with E-state index in [-0.39, 0.29) is 0 Å². The van der Waals surface area contributed by atoms with Gasteiger partial charge in [-0.25, -0.2) is 0 Å². The monoisotopic (exact) mass is 118 g/mol. The molecule has 0 aliphatic rings. The van der Waals surface area contributed by atoms with Crippen LogP contribution in [0.15, 0.2) is 0 Å². The Kier molecular flexibility index (Phi) is 4.13. The molecule has 0 bridgehead atoms. The Morgan fingerprint density at radius 1 is 1.67 bits per heavy atom. The molecule has 0 radical (unpaired) electrons. The molecule has 0 atom stereocenters. The van der Waals surface area contributed by atoms with Gasteiger partial charge in [0.1, 0.15) is 0 Å². The molecule has 0 aromatic carbocycles. The quantitative estimate of drug-likeness (QED) is 0.360. The van der Waals surface area contributed by atoms with Crippen molar-refractivity contribution in [3.05, 3.63) is 0 Å². The van der Waals surface area contributed by atoms with Gasteiger partial charge in [-0.2, -0.15) is 0 Å². The summed E-state index contributed by atoms with van der Waals surface area (Å²) in [5, 5.41) is 0. The summed E-state index contributed by atoms with van der Waals surface area (Å²) in [6.45, 7) is 0. The van der Waals surface area contributed by atoms with E-state index in [1.807, 2.05) is 0 Å². The second-order valence-corrected chi connectivity index (χ2v) is 4.14. The molecule has 34 valence electrons. The van der Waals surface area contributed by atoms with E-state index < -0.39 is 0 Å². The SMILES string of the molecule is C=PB=S(C)C. The van der Waals surface area contributed by atoms with Gasteiger partial charge in [-0.1, -0.05) is 0 Å². The summed E-state index contributed by atoms with van der Waals surface area (Å²) in [5.41, 5.74) is 0. The summed E-state index contributed by atoms with van der Waals surface area (Å²) < 4.78 is 0. The Hall–Kier alpha value is 0.585. The van der Waals surface area contributed by atoms with Crippen LogP contribution in [0.4, 0.5) is 0 Å². The number of hydrogen-bond acceptors (Lipinski definition) is 0. The maximum atomic E-state index is 3.65. The van der Waals surface area contributed by atoms with Gasteiger partial charge in [0.2, 0.25) is 0 Å². The van der Waals surface area contributed by atoms with E-state index in [1.165, 1.54) is 0 Å². The predicted octanol–water partition coefficient (Wildman–Crippen LogP) is 1.43. The fourth-order valence-corrected chi connectivity index (χ4v) is 1.34. The van der Waals surface area contributed by atoms with Crippen LogP contribution in [0.25, 0.3) is 0 Å². The molecule has 0 heterocycles. The van der Waals surface area contributed by atoms with E-state index >= 15 is 0 Å². The van der Waals surface area contributed by atoms with E-state index in [0.29, 0.717) is 10.3 Å². The summed E-state index contributed by atoms with van der Waals surface area (Å²) in [6, 6.07) is 0. The third-order valence-corrected chi connectivity index (χ3v) is 2.57. The van der Waals surface area contributed by atoms with Gasteiger partial charge < -0.3 is 0 Å². The summed E-state index contributed by atoms with van der Waals surface area (Å²) in [7, 11) is 1.65. The second-order valence-electron chi connectivity index (χ2n) is 1.17. The van der Waals surface area contributed by atoms with Gasteiger partial charge in [0.25, 0.3) is 0 Å². The van der Waals surface area contributed by atoms with Crippen molar-refractivity contribution in [2.24, 2.45) is 0 Å². The molecule has 0 nitrogen and oxygen atoms in total. The standard InChI is InChI=1S/C3H8BPS/c1-5-4-6(2)3/h1H2,2-3H3. The minimum absolute atomic E-state index is 0.485. The van der Waals surface area contributed by atoms with Gasteiger partial charge in [0.15, 0.2) is 0 Å². The number of rotatable bonds is 1. The third-order valence-electron chi connectivity index (χ3n) is 0.285. The van der Waals surface area contributed by atoms with Crippen molar-refractivity contribution in [3.8, 4) is 0 Å². The Morgan fingerprint density at radius 3 is 2.17 bits per heavy atom. The summed E-state index contributed by atoms with van der Waals surface area (Å²) in [5.74, 6) is 2.18. The molecule has 0 aliphatic carbocycles. The van der Waals surface area contributed by atoms with Crippen LogP contribution < -0.4 is 0 Å². The molecular formula is C3H8BPS. The first kappa shape index (κ1) is 6.58. The molecule has 3 heteroatoms. The topological polar surface area (TPSA) is 0 Å². The summed E-state index contributed by atoms with van der Waals surface area (Å²) in [6.07, 6.45) is 8.01. The molecule has 6 heavy (non-hydrogen) atoms. The Labute approximate surface area is 43.7 Å². The summed E-state index contributed by atoms with van der Waals surface area (Å²) in [4.78, 5) is 0. The first-order valence-corrected chi connectivity index (χ1v) is 4.88. The van der Waals surface area contributed by atoms with Crippen molar-refractivity contribution in [1.82, 2.24) is 0 Å². The Bertz CT molecular complexity index is 74.9. The molecule has 0 N–H and O–H groups in total. The van der Waals surface area contributed by atoms with E-state index in [2.05, 4.69) is 24.7 Å². The normalized spacial score (nSPS) is 9.17. The number of hydrogen-bond donors (Lipinski definition) is 0. The summed E-state index contributed by atoms with van der Waals surface area (Å²) >= 11 is 0. The van der Waals surface area contributed by atoms with Gasteiger partial charge in [-0.3, -0.25) is 0 Å². The molecule has 0 saturated carbocycles. The average molecular weight is 118 g/mol. The van der Waals surface area contributed by atoms with Crippen LogP contribution in [0, 0.1) is 0 Å². The van der Waals surface area contributed by atoms with Crippen LogP contribution >= 0.6 is 18.4 Å². The van der Waals surface area contributed by atoms with Gasteiger partial charge in [0.05, 0.1) is 0 Å². The molecule has 0 unspecified atom stereocenters. The molecule has 0 aromatic heterocycles. The van der Waals surface area contributed by atoms with Crippen LogP contribution in [-0.4, -0.2) is 24.7 Å². The molecule has 0 aliphatic heterocycles. The van der Waals surface area contributed by atoms with Crippen LogP contribution in [0.5, 0.6) is 0 Å². The molecule has 0 aromatic rings. The average Bonchev–Trinajstić information content (AvgIpc) is 1.35. The zero-order valence-electron chi connectivity index (χ0n) is 4.14. The van der Waals surface area contributed by atoms with Crippen molar-refractivity contribution in [3.63, 3.8) is 0 Å². The van der Waals surface area contributed by atoms with Gasteiger partial charge in [-0.05, 0) is 0 Å². The van der Waals surface area contributed by atoms with Crippen LogP contribution in [0.2, 0.25) is 0 Å². The van der Waals surface area contributed by atoms with Crippen LogP contribution in [0.1, 0.15) is 0 Å². The minimum atomic E-state index is 0.485. The third kappa shape index (κ3) is 4.58. The van der Waals surface area contributed by atoms with E-state index in [4.69, 9.17) is 0 Å². The maximum absolute atomic E-state index is 3.65. The molecule has 0 amide bonds. The fraction of sp³-hybridized carbons (Fsp3) is 0.667. The zero-order valence-corrected chi connectivity index (χ0v) is 5.85. The Balaban J connectivity index is 3.41. The molecule has 0 saturated heterocycles. The predicted molar refractivity (Wildman–Crippen MR) is 39.2 cm³/mol.